The lowest BCUT2D eigenvalue weighted by Crippen LogP contribution is -1.90. The van der Waals surface area contributed by atoms with Crippen LogP contribution in [0.4, 0.5) is 0 Å². The van der Waals surface area contributed by atoms with E-state index in [-0.39, 0.29) is 6.42 Å². The molecule has 10 heavy (non-hydrogen) atoms. The van der Waals surface area contributed by atoms with Gasteiger partial charge in [-0.2, -0.15) is 0 Å². The van der Waals surface area contributed by atoms with Gasteiger partial charge in [-0.15, -0.1) is 13.2 Å². The molecule has 0 saturated heterocycles. The lowest BCUT2D eigenvalue weighted by atomic mass is 10.4. The van der Waals surface area contributed by atoms with E-state index in [4.69, 9.17) is 10.8 Å². The van der Waals surface area contributed by atoms with Gasteiger partial charge >= 0.3 is 5.97 Å². The molecule has 3 heteroatoms. The molecule has 0 saturated carbocycles. The number of rotatable bonds is 3. The van der Waals surface area contributed by atoms with Gasteiger partial charge in [-0.1, -0.05) is 12.2 Å². The first kappa shape index (κ1) is 11.7. The summed E-state index contributed by atoms with van der Waals surface area (Å²) in [5, 5.41) is 7.84. The van der Waals surface area contributed by atoms with Gasteiger partial charge in [0.05, 0.1) is 6.42 Å². The second kappa shape index (κ2) is 10.8. The molecule has 0 aliphatic heterocycles. The molecule has 0 aromatic rings. The topological polar surface area (TPSA) is 63.3 Å². The first-order valence-electron chi connectivity index (χ1n) is 2.82. The summed E-state index contributed by atoms with van der Waals surface area (Å²) in [6.07, 6.45) is 3.06. The molecule has 0 aliphatic carbocycles. The third kappa shape index (κ3) is 28.5. The SMILES string of the molecule is C=CCC(=O)O.C=CCN. The number of hydrogen-bond donors (Lipinski definition) is 2. The molecule has 0 aromatic carbocycles. The predicted octanol–water partition coefficient (Wildman–Crippen LogP) is 0.778. The number of carbonyl (C=O) groups is 1. The van der Waals surface area contributed by atoms with Crippen LogP contribution >= 0.6 is 0 Å². The highest BCUT2D eigenvalue weighted by atomic mass is 16.4. The van der Waals surface area contributed by atoms with Crippen molar-refractivity contribution in [2.45, 2.75) is 6.42 Å². The molecule has 0 aromatic heterocycles. The van der Waals surface area contributed by atoms with Crippen molar-refractivity contribution in [2.24, 2.45) is 5.73 Å². The largest absolute Gasteiger partial charge is 0.481 e. The molecular weight excluding hydrogens is 130 g/mol. The summed E-state index contributed by atoms with van der Waals surface area (Å²) in [7, 11) is 0. The molecule has 0 atom stereocenters. The lowest BCUT2D eigenvalue weighted by molar-refractivity contribution is -0.135. The van der Waals surface area contributed by atoms with Crippen LogP contribution in [0.5, 0.6) is 0 Å². The molecule has 0 spiro atoms. The van der Waals surface area contributed by atoms with Gasteiger partial charge in [-0.05, 0) is 0 Å². The Morgan fingerprint density at radius 3 is 1.90 bits per heavy atom. The van der Waals surface area contributed by atoms with E-state index < -0.39 is 5.97 Å². The molecule has 0 bridgehead atoms. The van der Waals surface area contributed by atoms with Gasteiger partial charge in [0, 0.05) is 6.54 Å². The van der Waals surface area contributed by atoms with E-state index in [1.54, 1.807) is 6.08 Å². The van der Waals surface area contributed by atoms with Crippen LogP contribution in [0.3, 0.4) is 0 Å². The van der Waals surface area contributed by atoms with Crippen LogP contribution in [-0.4, -0.2) is 17.6 Å². The van der Waals surface area contributed by atoms with E-state index in [1.807, 2.05) is 0 Å². The van der Waals surface area contributed by atoms with Crippen molar-refractivity contribution < 1.29 is 9.90 Å². The normalized spacial score (nSPS) is 6.90. The fourth-order valence-electron chi connectivity index (χ4n) is 0.123. The zero-order valence-electron chi connectivity index (χ0n) is 5.92. The maximum absolute atomic E-state index is 9.53. The summed E-state index contributed by atoms with van der Waals surface area (Å²) < 4.78 is 0. The highest BCUT2D eigenvalue weighted by Gasteiger charge is 1.84. The first-order chi connectivity index (χ1) is 4.68. The zero-order chi connectivity index (χ0) is 8.41. The Kier molecular flexibility index (Phi) is 12.6. The van der Waals surface area contributed by atoms with E-state index in [9.17, 15) is 4.79 Å². The predicted molar refractivity (Wildman–Crippen MR) is 41.7 cm³/mol. The van der Waals surface area contributed by atoms with Gasteiger partial charge in [0.25, 0.3) is 0 Å². The maximum atomic E-state index is 9.53. The molecule has 0 radical (unpaired) electrons. The standard InChI is InChI=1S/C4H6O2.C3H7N/c1-2-3-4(5)6;1-2-3-4/h2H,1,3H2,(H,5,6);2H,1,3-4H2. The quantitative estimate of drug-likeness (QED) is 0.574. The number of carboxylic acids is 1. The Morgan fingerprint density at radius 1 is 1.50 bits per heavy atom. The van der Waals surface area contributed by atoms with E-state index >= 15 is 0 Å². The number of hydrogen-bond acceptors (Lipinski definition) is 2. The van der Waals surface area contributed by atoms with E-state index in [0.29, 0.717) is 6.54 Å². The molecular formula is C7H13NO2. The number of carboxylic acid groups (broad SMARTS) is 1. The highest BCUT2D eigenvalue weighted by molar-refractivity contribution is 5.68. The summed E-state index contributed by atoms with van der Waals surface area (Å²) >= 11 is 0. The highest BCUT2D eigenvalue weighted by Crippen LogP contribution is 1.74. The van der Waals surface area contributed by atoms with Gasteiger partial charge in [0.1, 0.15) is 0 Å². The van der Waals surface area contributed by atoms with Gasteiger partial charge in [-0.25, -0.2) is 0 Å². The Balaban J connectivity index is 0. The summed E-state index contributed by atoms with van der Waals surface area (Å²) in [6.45, 7) is 7.16. The Labute approximate surface area is 60.9 Å². The molecule has 3 N–H and O–H groups in total. The van der Waals surface area contributed by atoms with E-state index in [0.717, 1.165) is 0 Å². The molecule has 0 rings (SSSR count). The minimum Gasteiger partial charge on any atom is -0.481 e. The summed E-state index contributed by atoms with van der Waals surface area (Å²) in [5.41, 5.74) is 4.91. The summed E-state index contributed by atoms with van der Waals surface area (Å²) in [5.74, 6) is -0.829. The minimum absolute atomic E-state index is 0.0556. The molecule has 0 unspecified atom stereocenters. The van der Waals surface area contributed by atoms with Crippen molar-refractivity contribution in [1.29, 1.82) is 0 Å². The van der Waals surface area contributed by atoms with Crippen molar-refractivity contribution in [3.8, 4) is 0 Å². The van der Waals surface area contributed by atoms with Crippen molar-refractivity contribution in [3.63, 3.8) is 0 Å². The monoisotopic (exact) mass is 143 g/mol. The van der Waals surface area contributed by atoms with Crippen LogP contribution in [0, 0.1) is 0 Å². The molecule has 0 aliphatic rings. The second-order valence-electron chi connectivity index (χ2n) is 1.41. The smallest absolute Gasteiger partial charge is 0.307 e. The van der Waals surface area contributed by atoms with Gasteiger partial charge in [0.15, 0.2) is 0 Å². The molecule has 0 fully saturated rings. The van der Waals surface area contributed by atoms with Gasteiger partial charge in [-0.3, -0.25) is 4.79 Å². The fourth-order valence-corrected chi connectivity index (χ4v) is 0.123. The Hall–Kier alpha value is -1.09. The van der Waals surface area contributed by atoms with Crippen LogP contribution in [0.15, 0.2) is 25.3 Å². The molecule has 58 valence electrons. The maximum Gasteiger partial charge on any atom is 0.307 e. The third-order valence-electron chi connectivity index (χ3n) is 0.486. The second-order valence-corrected chi connectivity index (χ2v) is 1.41. The van der Waals surface area contributed by atoms with Crippen molar-refractivity contribution >= 4 is 5.97 Å². The lowest BCUT2D eigenvalue weighted by Gasteiger charge is -1.75. The van der Waals surface area contributed by atoms with Crippen LogP contribution in [-0.2, 0) is 4.79 Å². The average molecular weight is 143 g/mol. The average Bonchev–Trinajstić information content (AvgIpc) is 1.89. The van der Waals surface area contributed by atoms with Crippen LogP contribution < -0.4 is 5.73 Å². The van der Waals surface area contributed by atoms with Crippen molar-refractivity contribution in [3.05, 3.63) is 25.3 Å². The van der Waals surface area contributed by atoms with Crippen LogP contribution in [0.2, 0.25) is 0 Å². The Morgan fingerprint density at radius 2 is 1.90 bits per heavy atom. The third-order valence-corrected chi connectivity index (χ3v) is 0.486. The number of aliphatic carboxylic acids is 1. The van der Waals surface area contributed by atoms with Crippen LogP contribution in [0.1, 0.15) is 6.42 Å². The summed E-state index contributed by atoms with van der Waals surface area (Å²) in [6, 6.07) is 0. The minimum atomic E-state index is -0.829. The van der Waals surface area contributed by atoms with Gasteiger partial charge < -0.3 is 10.8 Å². The van der Waals surface area contributed by atoms with Crippen molar-refractivity contribution in [2.75, 3.05) is 6.54 Å². The Bertz CT molecular complexity index is 110. The molecule has 0 amide bonds. The van der Waals surface area contributed by atoms with Crippen LogP contribution in [0.25, 0.3) is 0 Å². The zero-order valence-corrected chi connectivity index (χ0v) is 5.92. The van der Waals surface area contributed by atoms with E-state index in [1.165, 1.54) is 6.08 Å². The first-order valence-corrected chi connectivity index (χ1v) is 2.82. The molecule has 3 nitrogen and oxygen atoms in total. The van der Waals surface area contributed by atoms with Crippen molar-refractivity contribution in [1.82, 2.24) is 0 Å². The fraction of sp³-hybridized carbons (Fsp3) is 0.286. The number of nitrogens with two attached hydrogens (primary N) is 1. The van der Waals surface area contributed by atoms with E-state index in [2.05, 4.69) is 13.2 Å². The van der Waals surface area contributed by atoms with Gasteiger partial charge in [0.2, 0.25) is 0 Å². The summed E-state index contributed by atoms with van der Waals surface area (Å²) in [4.78, 5) is 9.53. The molecule has 0 heterocycles.